The summed E-state index contributed by atoms with van der Waals surface area (Å²) in [5.74, 6) is 1.09. The number of nitrogens with two attached hydrogens (primary N) is 1. The zero-order valence-corrected chi connectivity index (χ0v) is 10.3. The first kappa shape index (κ1) is 12.4. The van der Waals surface area contributed by atoms with Crippen LogP contribution in [-0.4, -0.2) is 23.6 Å². The molecule has 0 amide bonds. The van der Waals surface area contributed by atoms with E-state index in [0.717, 1.165) is 5.75 Å². The lowest BCUT2D eigenvalue weighted by Crippen LogP contribution is -2.38. The fourth-order valence-corrected chi connectivity index (χ4v) is 1.10. The maximum absolute atomic E-state index is 5.80. The molecule has 0 unspecified atom stereocenters. The highest BCUT2D eigenvalue weighted by atomic mass is 16.7. The number of guanidine groups is 1. The summed E-state index contributed by atoms with van der Waals surface area (Å²) < 4.78 is 0. The fraction of sp³-hybridized carbons (Fsp3) is 0.417. The first-order valence-corrected chi connectivity index (χ1v) is 5.20. The van der Waals surface area contributed by atoms with Gasteiger partial charge in [0, 0.05) is 7.05 Å². The average Bonchev–Trinajstić information content (AvgIpc) is 2.16. The molecular weight excluding hydrogens is 202 g/mol. The first-order chi connectivity index (χ1) is 7.38. The predicted molar refractivity (Wildman–Crippen MR) is 66.2 cm³/mol. The van der Waals surface area contributed by atoms with Gasteiger partial charge in [-0.2, -0.15) is 5.06 Å². The Morgan fingerprint density at radius 3 is 2.31 bits per heavy atom. The van der Waals surface area contributed by atoms with E-state index in [1.54, 1.807) is 7.05 Å². The molecule has 1 aromatic carbocycles. The summed E-state index contributed by atoms with van der Waals surface area (Å²) in [5.41, 5.74) is 5.59. The van der Waals surface area contributed by atoms with E-state index in [1.165, 1.54) is 5.06 Å². The molecular formula is C12H19N3O. The third-order valence-electron chi connectivity index (χ3n) is 1.76. The lowest BCUT2D eigenvalue weighted by Gasteiger charge is -2.21. The zero-order valence-electron chi connectivity index (χ0n) is 10.3. The number of hydrogen-bond donors (Lipinski definition) is 1. The van der Waals surface area contributed by atoms with Crippen molar-refractivity contribution >= 4 is 5.96 Å². The van der Waals surface area contributed by atoms with Gasteiger partial charge in [-0.1, -0.05) is 18.2 Å². The molecule has 0 aliphatic carbocycles. The number of aliphatic imine (C=N–C) groups is 1. The Kier molecular flexibility index (Phi) is 3.77. The van der Waals surface area contributed by atoms with Crippen LogP contribution in [0.1, 0.15) is 20.8 Å². The minimum Gasteiger partial charge on any atom is -0.377 e. The Morgan fingerprint density at radius 2 is 1.81 bits per heavy atom. The molecule has 16 heavy (non-hydrogen) atoms. The van der Waals surface area contributed by atoms with Crippen molar-refractivity contribution in [2.75, 3.05) is 7.05 Å². The maximum Gasteiger partial charge on any atom is 0.225 e. The second-order valence-corrected chi connectivity index (χ2v) is 4.54. The van der Waals surface area contributed by atoms with Crippen molar-refractivity contribution in [2.45, 2.75) is 26.3 Å². The summed E-state index contributed by atoms with van der Waals surface area (Å²) in [4.78, 5) is 9.80. The van der Waals surface area contributed by atoms with Gasteiger partial charge in [0.1, 0.15) is 0 Å². The van der Waals surface area contributed by atoms with Crippen LogP contribution in [0, 0.1) is 0 Å². The Hall–Kier alpha value is -1.71. The number of hydroxylamine groups is 2. The summed E-state index contributed by atoms with van der Waals surface area (Å²) >= 11 is 0. The monoisotopic (exact) mass is 221 g/mol. The third kappa shape index (κ3) is 4.21. The van der Waals surface area contributed by atoms with Crippen LogP contribution in [0.15, 0.2) is 35.3 Å². The second-order valence-electron chi connectivity index (χ2n) is 4.54. The van der Waals surface area contributed by atoms with Gasteiger partial charge in [0.15, 0.2) is 5.75 Å². The van der Waals surface area contributed by atoms with Gasteiger partial charge in [-0.05, 0) is 32.9 Å². The number of benzene rings is 1. The molecule has 0 radical (unpaired) electrons. The summed E-state index contributed by atoms with van der Waals surface area (Å²) in [6.07, 6.45) is 0. The van der Waals surface area contributed by atoms with Crippen molar-refractivity contribution in [1.29, 1.82) is 0 Å². The second kappa shape index (κ2) is 4.88. The average molecular weight is 221 g/mol. The lowest BCUT2D eigenvalue weighted by molar-refractivity contribution is 0.0450. The van der Waals surface area contributed by atoms with E-state index in [-0.39, 0.29) is 5.54 Å². The van der Waals surface area contributed by atoms with Crippen LogP contribution >= 0.6 is 0 Å². The molecule has 0 saturated heterocycles. The molecule has 0 spiro atoms. The summed E-state index contributed by atoms with van der Waals surface area (Å²) in [6.45, 7) is 5.95. The number of para-hydroxylation sites is 1. The van der Waals surface area contributed by atoms with Gasteiger partial charge >= 0.3 is 0 Å². The first-order valence-electron chi connectivity index (χ1n) is 5.20. The quantitative estimate of drug-likeness (QED) is 0.472. The maximum atomic E-state index is 5.80. The molecule has 88 valence electrons. The van der Waals surface area contributed by atoms with E-state index >= 15 is 0 Å². The van der Waals surface area contributed by atoms with Gasteiger partial charge in [-0.3, -0.25) is 0 Å². The van der Waals surface area contributed by atoms with Crippen molar-refractivity contribution in [3.63, 3.8) is 0 Å². The minimum absolute atomic E-state index is 0.210. The highest BCUT2D eigenvalue weighted by Crippen LogP contribution is 2.11. The smallest absolute Gasteiger partial charge is 0.225 e. The Bertz CT molecular complexity index is 354. The summed E-state index contributed by atoms with van der Waals surface area (Å²) in [7, 11) is 1.73. The molecule has 2 N–H and O–H groups in total. The number of hydrogen-bond acceptors (Lipinski definition) is 2. The van der Waals surface area contributed by atoms with Gasteiger partial charge < -0.3 is 10.6 Å². The number of rotatable bonds is 2. The molecule has 0 bridgehead atoms. The molecule has 0 aromatic heterocycles. The summed E-state index contributed by atoms with van der Waals surface area (Å²) in [5, 5.41) is 1.46. The molecule has 4 nitrogen and oxygen atoms in total. The van der Waals surface area contributed by atoms with Crippen LogP contribution in [0.25, 0.3) is 0 Å². The van der Waals surface area contributed by atoms with Gasteiger partial charge in [0.05, 0.1) is 5.54 Å². The van der Waals surface area contributed by atoms with Gasteiger partial charge in [0.25, 0.3) is 0 Å². The topological polar surface area (TPSA) is 50.9 Å². The van der Waals surface area contributed by atoms with Crippen LogP contribution in [-0.2, 0) is 0 Å². The third-order valence-corrected chi connectivity index (χ3v) is 1.76. The Balaban J connectivity index is 2.66. The standard InChI is InChI=1S/C12H19N3O/c1-12(2,3)14-11(13)15(4)16-10-8-6-5-7-9-10/h5-9H,1-4H3,(H2,13,14). The molecule has 0 aliphatic heterocycles. The largest absolute Gasteiger partial charge is 0.377 e. The van der Waals surface area contributed by atoms with Crippen molar-refractivity contribution in [3.05, 3.63) is 30.3 Å². The highest BCUT2D eigenvalue weighted by molar-refractivity contribution is 5.77. The molecule has 4 heteroatoms. The van der Waals surface area contributed by atoms with Gasteiger partial charge in [-0.15, -0.1) is 0 Å². The fourth-order valence-electron chi connectivity index (χ4n) is 1.10. The predicted octanol–water partition coefficient (Wildman–Crippen LogP) is 2.03. The molecule has 1 rings (SSSR count). The van der Waals surface area contributed by atoms with E-state index in [9.17, 15) is 0 Å². The van der Waals surface area contributed by atoms with Crippen LogP contribution in [0.2, 0.25) is 0 Å². The molecule has 0 heterocycles. The molecule has 1 aromatic rings. The van der Waals surface area contributed by atoms with E-state index in [0.29, 0.717) is 5.96 Å². The van der Waals surface area contributed by atoms with Gasteiger partial charge in [-0.25, -0.2) is 4.99 Å². The van der Waals surface area contributed by atoms with Crippen molar-refractivity contribution in [2.24, 2.45) is 10.7 Å². The zero-order chi connectivity index (χ0) is 12.2. The summed E-state index contributed by atoms with van der Waals surface area (Å²) in [6, 6.07) is 9.46. The van der Waals surface area contributed by atoms with Crippen molar-refractivity contribution in [1.82, 2.24) is 5.06 Å². The van der Waals surface area contributed by atoms with Crippen LogP contribution < -0.4 is 10.6 Å². The van der Waals surface area contributed by atoms with E-state index in [1.807, 2.05) is 51.1 Å². The van der Waals surface area contributed by atoms with Crippen molar-refractivity contribution < 1.29 is 4.84 Å². The number of nitrogens with zero attached hydrogens (tertiary/aromatic N) is 2. The SMILES string of the molecule is CN(Oc1ccccc1)C(N)=NC(C)(C)C. The minimum atomic E-state index is -0.210. The van der Waals surface area contributed by atoms with Crippen LogP contribution in [0.4, 0.5) is 0 Å². The van der Waals surface area contributed by atoms with E-state index < -0.39 is 0 Å². The van der Waals surface area contributed by atoms with Gasteiger partial charge in [0.2, 0.25) is 5.96 Å². The molecule has 0 saturated carbocycles. The lowest BCUT2D eigenvalue weighted by atomic mass is 10.1. The highest BCUT2D eigenvalue weighted by Gasteiger charge is 2.11. The van der Waals surface area contributed by atoms with Crippen LogP contribution in [0.3, 0.4) is 0 Å². The van der Waals surface area contributed by atoms with Crippen LogP contribution in [0.5, 0.6) is 5.75 Å². The molecule has 0 atom stereocenters. The normalized spacial score (nSPS) is 12.4. The molecule has 0 fully saturated rings. The Labute approximate surface area is 96.7 Å². The van der Waals surface area contributed by atoms with E-state index in [4.69, 9.17) is 10.6 Å². The Morgan fingerprint density at radius 1 is 1.25 bits per heavy atom. The van der Waals surface area contributed by atoms with Crippen molar-refractivity contribution in [3.8, 4) is 5.75 Å². The molecule has 0 aliphatic rings. The van der Waals surface area contributed by atoms with E-state index in [2.05, 4.69) is 4.99 Å².